The summed E-state index contributed by atoms with van der Waals surface area (Å²) >= 11 is 1.39. The molecule has 0 aliphatic carbocycles. The van der Waals surface area contributed by atoms with Crippen LogP contribution in [0.2, 0.25) is 0 Å². The first-order valence-electron chi connectivity index (χ1n) is 13.1. The topological polar surface area (TPSA) is 268 Å². The molecule has 230 valence electrons. The van der Waals surface area contributed by atoms with Gasteiger partial charge in [0.1, 0.15) is 18.1 Å². The number of carboxylic acid groups (broad SMARTS) is 2. The van der Waals surface area contributed by atoms with Crippen LogP contribution in [0.1, 0.15) is 31.2 Å². The highest BCUT2D eigenvalue weighted by atomic mass is 32.2. The van der Waals surface area contributed by atoms with Gasteiger partial charge in [-0.15, -0.1) is 0 Å². The number of nitrogens with one attached hydrogen (secondary N) is 4. The maximum absolute atomic E-state index is 13.3. The fourth-order valence-corrected chi connectivity index (χ4v) is 4.58. The molecule has 2 aromatic rings. The smallest absolute Gasteiger partial charge is 0.326 e. The number of benzene rings is 1. The second-order valence-corrected chi connectivity index (χ2v) is 10.5. The Bertz CT molecular complexity index is 1280. The molecule has 12 N–H and O–H groups in total. The highest BCUT2D eigenvalue weighted by molar-refractivity contribution is 7.98. The number of nitrogens with two attached hydrogens (primary N) is 3. The molecule has 0 bridgehead atoms. The monoisotopic (exact) mass is 606 g/mol. The summed E-state index contributed by atoms with van der Waals surface area (Å²) in [5.41, 5.74) is 18.6. The van der Waals surface area contributed by atoms with Crippen molar-refractivity contribution < 1.29 is 34.2 Å². The number of carbonyl (C=O) groups is 5. The summed E-state index contributed by atoms with van der Waals surface area (Å²) in [5, 5.41) is 26.6. The Hall–Kier alpha value is -4.31. The van der Waals surface area contributed by atoms with Gasteiger partial charge in [0, 0.05) is 23.6 Å². The molecular formula is C26H38N8O7S. The average Bonchev–Trinajstić information content (AvgIpc) is 3.34. The van der Waals surface area contributed by atoms with Gasteiger partial charge < -0.3 is 48.3 Å². The number of carboxylic acids is 2. The number of fused-ring (bicyclic) bond motifs is 1. The number of aliphatic carboxylic acids is 2. The van der Waals surface area contributed by atoms with E-state index in [1.54, 1.807) is 12.5 Å². The van der Waals surface area contributed by atoms with Crippen LogP contribution in [0, 0.1) is 0 Å². The molecule has 1 aromatic heterocycles. The number of para-hydroxylation sites is 1. The highest BCUT2D eigenvalue weighted by Gasteiger charge is 2.31. The summed E-state index contributed by atoms with van der Waals surface area (Å²) in [6.45, 7) is 0.176. The van der Waals surface area contributed by atoms with Crippen LogP contribution in [0.3, 0.4) is 0 Å². The third-order valence-corrected chi connectivity index (χ3v) is 6.91. The molecule has 4 atom stereocenters. The second kappa shape index (κ2) is 16.8. The molecule has 2 rings (SSSR count). The fraction of sp³-hybridized carbons (Fsp3) is 0.462. The van der Waals surface area contributed by atoms with Crippen molar-refractivity contribution in [3.63, 3.8) is 0 Å². The van der Waals surface area contributed by atoms with E-state index in [-0.39, 0.29) is 31.8 Å². The largest absolute Gasteiger partial charge is 0.481 e. The van der Waals surface area contributed by atoms with Gasteiger partial charge in [-0.05, 0) is 49.3 Å². The standard InChI is InChI=1S/C26H38N8O7S/c1-42-10-8-19(24(39)34-20(25(40)41)12-21(35)36)33-23(38)18(7-4-9-30-26(28)29)32-22(37)16(27)11-14-13-31-17-6-3-2-5-15(14)17/h2-3,5-6,13,16,18-20,31H,4,7-12,27H2,1H3,(H,32,37)(H,33,38)(H,34,39)(H,35,36)(H,40,41)(H4,28,29,30). The first-order valence-corrected chi connectivity index (χ1v) is 14.5. The van der Waals surface area contributed by atoms with E-state index >= 15 is 0 Å². The maximum Gasteiger partial charge on any atom is 0.326 e. The molecule has 0 aliphatic rings. The highest BCUT2D eigenvalue weighted by Crippen LogP contribution is 2.19. The van der Waals surface area contributed by atoms with Crippen molar-refractivity contribution in [1.82, 2.24) is 20.9 Å². The van der Waals surface area contributed by atoms with Crippen LogP contribution in [0.25, 0.3) is 10.9 Å². The number of carbonyl (C=O) groups excluding carboxylic acids is 3. The predicted octanol–water partition coefficient (Wildman–Crippen LogP) is -1.14. The van der Waals surface area contributed by atoms with Crippen molar-refractivity contribution in [1.29, 1.82) is 0 Å². The Morgan fingerprint density at radius 1 is 0.952 bits per heavy atom. The van der Waals surface area contributed by atoms with Crippen LogP contribution >= 0.6 is 11.8 Å². The molecule has 1 heterocycles. The summed E-state index contributed by atoms with van der Waals surface area (Å²) in [7, 11) is 0. The van der Waals surface area contributed by atoms with E-state index in [0.29, 0.717) is 12.2 Å². The van der Waals surface area contributed by atoms with Gasteiger partial charge in [-0.2, -0.15) is 11.8 Å². The third kappa shape index (κ3) is 10.9. The van der Waals surface area contributed by atoms with Gasteiger partial charge in [0.2, 0.25) is 17.7 Å². The summed E-state index contributed by atoms with van der Waals surface area (Å²) < 4.78 is 0. The van der Waals surface area contributed by atoms with Gasteiger partial charge in [-0.1, -0.05) is 18.2 Å². The first kappa shape index (κ1) is 33.9. The SMILES string of the molecule is CSCCC(NC(=O)C(CCCN=C(N)N)NC(=O)C(N)Cc1c[nH]c2ccccc12)C(=O)NC(CC(=O)O)C(=O)O. The van der Waals surface area contributed by atoms with Crippen LogP contribution < -0.4 is 33.2 Å². The van der Waals surface area contributed by atoms with Crippen LogP contribution in [0.5, 0.6) is 0 Å². The Labute approximate surface area is 246 Å². The predicted molar refractivity (Wildman–Crippen MR) is 159 cm³/mol. The summed E-state index contributed by atoms with van der Waals surface area (Å²) in [6.07, 6.45) is 3.41. The number of hydrogen-bond donors (Lipinski definition) is 9. The number of aliphatic imine (C=N–C) groups is 1. The number of aromatic amines is 1. The molecule has 4 unspecified atom stereocenters. The molecule has 15 nitrogen and oxygen atoms in total. The van der Waals surface area contributed by atoms with E-state index in [2.05, 4.69) is 25.9 Å². The summed E-state index contributed by atoms with van der Waals surface area (Å²) in [6, 6.07) is 2.52. The van der Waals surface area contributed by atoms with Crippen molar-refractivity contribution in [3.05, 3.63) is 36.0 Å². The molecule has 16 heteroatoms. The van der Waals surface area contributed by atoms with Gasteiger partial charge >= 0.3 is 11.9 Å². The quantitative estimate of drug-likeness (QED) is 0.0556. The lowest BCUT2D eigenvalue weighted by molar-refractivity contribution is -0.147. The van der Waals surface area contributed by atoms with Crippen molar-refractivity contribution in [2.24, 2.45) is 22.2 Å². The van der Waals surface area contributed by atoms with E-state index in [0.717, 1.165) is 16.5 Å². The van der Waals surface area contributed by atoms with E-state index in [9.17, 15) is 29.1 Å². The lowest BCUT2D eigenvalue weighted by Crippen LogP contribution is -2.57. The molecule has 1 aromatic carbocycles. The molecule has 0 saturated heterocycles. The van der Waals surface area contributed by atoms with Crippen LogP contribution in [0.4, 0.5) is 0 Å². The summed E-state index contributed by atoms with van der Waals surface area (Å²) in [5.74, 6) is -4.84. The minimum absolute atomic E-state index is 0.0990. The fourth-order valence-electron chi connectivity index (χ4n) is 4.11. The normalized spacial score (nSPS) is 13.8. The zero-order valence-corrected chi connectivity index (χ0v) is 24.0. The van der Waals surface area contributed by atoms with Crippen molar-refractivity contribution in [3.8, 4) is 0 Å². The number of nitrogens with zero attached hydrogens (tertiary/aromatic N) is 1. The van der Waals surface area contributed by atoms with E-state index in [4.69, 9.17) is 22.3 Å². The van der Waals surface area contributed by atoms with Crippen molar-refractivity contribution >= 4 is 58.3 Å². The third-order valence-electron chi connectivity index (χ3n) is 6.27. The molecule has 42 heavy (non-hydrogen) atoms. The Kier molecular flexibility index (Phi) is 13.6. The van der Waals surface area contributed by atoms with E-state index in [1.165, 1.54) is 11.8 Å². The van der Waals surface area contributed by atoms with Crippen molar-refractivity contribution in [2.75, 3.05) is 18.6 Å². The van der Waals surface area contributed by atoms with Gasteiger partial charge in [0.15, 0.2) is 5.96 Å². The molecule has 0 aliphatic heterocycles. The Morgan fingerprint density at radius 2 is 1.57 bits per heavy atom. The minimum Gasteiger partial charge on any atom is -0.481 e. The van der Waals surface area contributed by atoms with Crippen molar-refractivity contribution in [2.45, 2.75) is 56.3 Å². The van der Waals surface area contributed by atoms with Gasteiger partial charge in [-0.25, -0.2) is 4.79 Å². The number of thioether (sulfide) groups is 1. The number of hydrogen-bond acceptors (Lipinski definition) is 8. The van der Waals surface area contributed by atoms with Crippen LogP contribution in [-0.2, 0) is 30.4 Å². The number of amides is 3. The van der Waals surface area contributed by atoms with Crippen LogP contribution in [0.15, 0.2) is 35.5 Å². The zero-order chi connectivity index (χ0) is 31.2. The Balaban J connectivity index is 2.17. The van der Waals surface area contributed by atoms with Gasteiger partial charge in [0.25, 0.3) is 0 Å². The number of rotatable bonds is 18. The number of aromatic nitrogens is 1. The molecule has 0 spiro atoms. The lowest BCUT2D eigenvalue weighted by Gasteiger charge is -2.25. The van der Waals surface area contributed by atoms with E-state index < -0.39 is 60.2 Å². The molecule has 3 amide bonds. The first-order chi connectivity index (χ1) is 19.9. The van der Waals surface area contributed by atoms with Gasteiger partial charge in [0.05, 0.1) is 12.5 Å². The number of guanidine groups is 1. The van der Waals surface area contributed by atoms with Gasteiger partial charge in [-0.3, -0.25) is 24.2 Å². The van der Waals surface area contributed by atoms with Crippen LogP contribution in [-0.4, -0.2) is 93.5 Å². The second-order valence-electron chi connectivity index (χ2n) is 9.52. The molecule has 0 radical (unpaired) electrons. The molecule has 0 fully saturated rings. The number of H-pyrrole nitrogens is 1. The molecular weight excluding hydrogens is 568 g/mol. The lowest BCUT2D eigenvalue weighted by atomic mass is 10.0. The minimum atomic E-state index is -1.69. The molecule has 0 saturated carbocycles. The Morgan fingerprint density at radius 3 is 2.19 bits per heavy atom. The van der Waals surface area contributed by atoms with E-state index in [1.807, 2.05) is 24.3 Å². The maximum atomic E-state index is 13.3. The zero-order valence-electron chi connectivity index (χ0n) is 23.2. The summed E-state index contributed by atoms with van der Waals surface area (Å²) in [4.78, 5) is 68.8. The average molecular weight is 607 g/mol.